The number of rotatable bonds is 11. The Morgan fingerprint density at radius 3 is 2.44 bits per heavy atom. The van der Waals surface area contributed by atoms with Gasteiger partial charge in [0.05, 0.1) is 18.8 Å². The van der Waals surface area contributed by atoms with Crippen molar-refractivity contribution in [3.05, 3.63) is 72.3 Å². The number of carbonyl (C=O) groups is 2. The Morgan fingerprint density at radius 1 is 1.00 bits per heavy atom. The maximum atomic E-state index is 13.2. The highest BCUT2D eigenvalue weighted by molar-refractivity contribution is 5.87. The van der Waals surface area contributed by atoms with Crippen molar-refractivity contribution < 1.29 is 14.3 Å². The van der Waals surface area contributed by atoms with Crippen molar-refractivity contribution in [1.82, 2.24) is 10.2 Å². The van der Waals surface area contributed by atoms with E-state index >= 15 is 0 Å². The fraction of sp³-hybridized carbons (Fsp3) is 0.484. The first-order valence-electron chi connectivity index (χ1n) is 13.5. The van der Waals surface area contributed by atoms with Crippen molar-refractivity contribution >= 4 is 11.7 Å². The molecule has 2 aromatic carbocycles. The van der Waals surface area contributed by atoms with E-state index < -0.39 is 0 Å². The van der Waals surface area contributed by atoms with Gasteiger partial charge in [0.2, 0.25) is 5.91 Å². The number of Topliss-reactive ketones (excluding diaryl/α,β-unsaturated/α-hetero) is 1. The zero-order valence-electron chi connectivity index (χ0n) is 21.5. The lowest BCUT2D eigenvalue weighted by molar-refractivity contribution is -0.123. The summed E-state index contributed by atoms with van der Waals surface area (Å²) in [5.74, 6) is 0.592. The van der Waals surface area contributed by atoms with Crippen molar-refractivity contribution in [2.24, 2.45) is 5.92 Å². The van der Waals surface area contributed by atoms with Gasteiger partial charge in [0, 0.05) is 25.8 Å². The van der Waals surface area contributed by atoms with Crippen molar-refractivity contribution in [3.8, 4) is 11.1 Å². The normalized spacial score (nSPS) is 22.8. The summed E-state index contributed by atoms with van der Waals surface area (Å²) in [6.07, 6.45) is 11.5. The number of nitrogens with zero attached hydrogens (tertiary/aromatic N) is 1. The number of allylic oxidation sites excluding steroid dienone is 2. The van der Waals surface area contributed by atoms with Crippen molar-refractivity contribution in [1.29, 1.82) is 0 Å². The van der Waals surface area contributed by atoms with E-state index in [9.17, 15) is 9.59 Å². The first-order chi connectivity index (χ1) is 17.7. The highest BCUT2D eigenvalue weighted by Gasteiger charge is 2.45. The van der Waals surface area contributed by atoms with E-state index in [1.54, 1.807) is 7.05 Å². The smallest absolute Gasteiger partial charge is 0.219 e. The molecular formula is C31H40N2O3. The van der Waals surface area contributed by atoms with Gasteiger partial charge < -0.3 is 10.1 Å². The van der Waals surface area contributed by atoms with E-state index in [1.165, 1.54) is 30.4 Å². The molecule has 1 saturated heterocycles. The number of hydrogen-bond acceptors (Lipinski definition) is 4. The van der Waals surface area contributed by atoms with E-state index in [0.717, 1.165) is 37.9 Å². The van der Waals surface area contributed by atoms with Gasteiger partial charge in [0.15, 0.2) is 5.78 Å². The second-order valence-corrected chi connectivity index (χ2v) is 10.1. The fourth-order valence-electron chi connectivity index (χ4n) is 5.55. The third-order valence-corrected chi connectivity index (χ3v) is 7.55. The average molecular weight is 489 g/mol. The third-order valence-electron chi connectivity index (χ3n) is 7.55. The van der Waals surface area contributed by atoms with Crippen molar-refractivity contribution in [2.75, 3.05) is 20.1 Å². The molecular weight excluding hydrogens is 448 g/mol. The zero-order chi connectivity index (χ0) is 25.2. The summed E-state index contributed by atoms with van der Waals surface area (Å²) in [6.45, 7) is 2.54. The van der Waals surface area contributed by atoms with Crippen molar-refractivity contribution in [3.63, 3.8) is 0 Å². The minimum absolute atomic E-state index is 0.0359. The minimum Gasteiger partial charge on any atom is -0.373 e. The molecule has 4 rings (SSSR count). The number of carbonyl (C=O) groups excluding carboxylic acids is 2. The topological polar surface area (TPSA) is 58.6 Å². The summed E-state index contributed by atoms with van der Waals surface area (Å²) in [6, 6.07) is 18.9. The van der Waals surface area contributed by atoms with Gasteiger partial charge in [0.25, 0.3) is 0 Å². The van der Waals surface area contributed by atoms with Gasteiger partial charge in [-0.1, -0.05) is 73.2 Å². The molecule has 5 heteroatoms. The average Bonchev–Trinajstić information content (AvgIpc) is 3.25. The zero-order valence-corrected chi connectivity index (χ0v) is 21.5. The Balaban J connectivity index is 1.37. The van der Waals surface area contributed by atoms with Crippen LogP contribution in [0.3, 0.4) is 0 Å². The van der Waals surface area contributed by atoms with Crippen LogP contribution in [0.1, 0.15) is 56.9 Å². The quantitative estimate of drug-likeness (QED) is 0.333. The molecule has 1 saturated carbocycles. The van der Waals surface area contributed by atoms with Gasteiger partial charge in [-0.25, -0.2) is 0 Å². The molecule has 1 aliphatic heterocycles. The molecule has 5 nitrogen and oxygen atoms in total. The molecule has 0 unspecified atom stereocenters. The summed E-state index contributed by atoms with van der Waals surface area (Å²) in [5.41, 5.74) is 3.53. The van der Waals surface area contributed by atoms with Crippen LogP contribution in [0.15, 0.2) is 66.7 Å². The van der Waals surface area contributed by atoms with Crippen LogP contribution in [0.25, 0.3) is 11.1 Å². The van der Waals surface area contributed by atoms with E-state index in [2.05, 4.69) is 70.9 Å². The highest BCUT2D eigenvalue weighted by atomic mass is 16.5. The molecule has 2 fully saturated rings. The van der Waals surface area contributed by atoms with Crippen molar-refractivity contribution in [2.45, 2.75) is 70.1 Å². The van der Waals surface area contributed by atoms with Gasteiger partial charge >= 0.3 is 0 Å². The number of piperidine rings is 1. The Labute approximate surface area is 215 Å². The number of likely N-dealkylation sites (tertiary alicyclic amines) is 1. The van der Waals surface area contributed by atoms with Gasteiger partial charge in [0.1, 0.15) is 0 Å². The van der Waals surface area contributed by atoms with E-state index in [-0.39, 0.29) is 24.0 Å². The lowest BCUT2D eigenvalue weighted by atomic mass is 9.93. The number of hydrogen-bond donors (Lipinski definition) is 1. The molecule has 0 bridgehead atoms. The summed E-state index contributed by atoms with van der Waals surface area (Å²) >= 11 is 0. The van der Waals surface area contributed by atoms with Crippen LogP contribution in [0, 0.1) is 5.92 Å². The highest BCUT2D eigenvalue weighted by Crippen LogP contribution is 2.35. The van der Waals surface area contributed by atoms with Gasteiger partial charge in [-0.3, -0.25) is 14.5 Å². The number of amides is 1. The SMILES string of the molecule is CNC(=O)CCC/C=C\C[C@H]1[C@@H](OCc2ccc(-c3ccccc3)cc2)CC(=O)[C@@H]1N1CCCCC1. The predicted octanol–water partition coefficient (Wildman–Crippen LogP) is 5.54. The number of benzene rings is 2. The Bertz CT molecular complexity index is 996. The third kappa shape index (κ3) is 7.14. The molecule has 1 heterocycles. The molecule has 0 radical (unpaired) electrons. The first-order valence-corrected chi connectivity index (χ1v) is 13.5. The summed E-state index contributed by atoms with van der Waals surface area (Å²) in [4.78, 5) is 27.0. The minimum atomic E-state index is -0.0613. The number of unbranched alkanes of at least 4 members (excludes halogenated alkanes) is 1. The molecule has 2 aliphatic rings. The second kappa shape index (κ2) is 13.5. The van der Waals surface area contributed by atoms with E-state index in [4.69, 9.17) is 4.74 Å². The molecule has 36 heavy (non-hydrogen) atoms. The van der Waals surface area contributed by atoms with E-state index in [1.807, 2.05) is 6.07 Å². The number of ether oxygens (including phenoxy) is 1. The molecule has 2 aromatic rings. The summed E-state index contributed by atoms with van der Waals surface area (Å²) in [7, 11) is 1.67. The molecule has 0 spiro atoms. The second-order valence-electron chi connectivity index (χ2n) is 10.1. The van der Waals surface area contributed by atoms with Gasteiger partial charge in [-0.2, -0.15) is 0 Å². The maximum Gasteiger partial charge on any atom is 0.219 e. The van der Waals surface area contributed by atoms with Crippen LogP contribution in [0.5, 0.6) is 0 Å². The molecule has 1 N–H and O–H groups in total. The van der Waals surface area contributed by atoms with Crippen LogP contribution < -0.4 is 5.32 Å². The fourth-order valence-corrected chi connectivity index (χ4v) is 5.55. The predicted molar refractivity (Wildman–Crippen MR) is 144 cm³/mol. The molecule has 1 aliphatic carbocycles. The van der Waals surface area contributed by atoms with Gasteiger partial charge in [-0.05, 0) is 61.9 Å². The Morgan fingerprint density at radius 2 is 1.72 bits per heavy atom. The lowest BCUT2D eigenvalue weighted by Gasteiger charge is -2.35. The lowest BCUT2D eigenvalue weighted by Crippen LogP contribution is -2.46. The van der Waals surface area contributed by atoms with Crippen LogP contribution in [-0.2, 0) is 20.9 Å². The van der Waals surface area contributed by atoms with Crippen LogP contribution in [-0.4, -0.2) is 48.9 Å². The van der Waals surface area contributed by atoms with Gasteiger partial charge in [-0.15, -0.1) is 0 Å². The summed E-state index contributed by atoms with van der Waals surface area (Å²) < 4.78 is 6.43. The van der Waals surface area contributed by atoms with E-state index in [0.29, 0.717) is 25.2 Å². The maximum absolute atomic E-state index is 13.2. The monoisotopic (exact) mass is 488 g/mol. The van der Waals surface area contributed by atoms with Crippen LogP contribution >= 0.6 is 0 Å². The molecule has 1 amide bonds. The number of ketones is 1. The largest absolute Gasteiger partial charge is 0.373 e. The number of nitrogens with one attached hydrogen (secondary N) is 1. The molecule has 192 valence electrons. The first kappa shape index (κ1) is 26.3. The molecule has 3 atom stereocenters. The standard InChI is InChI=1S/C31H40N2O3/c1-32-30(35)15-9-3-2-8-14-27-29(22-28(34)31(27)33-20-10-5-11-21-33)36-23-24-16-18-26(19-17-24)25-12-6-4-7-13-25/h2,4,6-8,12-13,16-19,27,29,31H,3,5,9-11,14-15,20-23H2,1H3,(H,32,35)/b8-2-/t27-,29-,31+/m0/s1. The Kier molecular flexibility index (Phi) is 9.88. The molecule has 0 aromatic heterocycles. The van der Waals surface area contributed by atoms with Crippen LogP contribution in [0.4, 0.5) is 0 Å². The summed E-state index contributed by atoms with van der Waals surface area (Å²) in [5, 5.41) is 2.67. The van der Waals surface area contributed by atoms with Crippen LogP contribution in [0.2, 0.25) is 0 Å². The Hall–Kier alpha value is -2.76.